The first-order valence-corrected chi connectivity index (χ1v) is 12.3. The summed E-state index contributed by atoms with van der Waals surface area (Å²) in [5.74, 6) is 2.65. The zero-order chi connectivity index (χ0) is 24.0. The van der Waals surface area contributed by atoms with Crippen LogP contribution in [0, 0.1) is 0 Å². The Morgan fingerprint density at radius 1 is 0.914 bits per heavy atom. The van der Waals surface area contributed by atoms with Gasteiger partial charge < -0.3 is 13.8 Å². The molecular formula is C27H25N5O2S. The van der Waals surface area contributed by atoms with Crippen LogP contribution in [0.2, 0.25) is 0 Å². The Kier molecular flexibility index (Phi) is 6.90. The Labute approximate surface area is 208 Å². The zero-order valence-corrected chi connectivity index (χ0v) is 20.4. The summed E-state index contributed by atoms with van der Waals surface area (Å²) in [6.07, 6.45) is 0.849. The van der Waals surface area contributed by atoms with Crippen molar-refractivity contribution >= 4 is 11.8 Å². The SMILES string of the molecule is COc1ccccc1-c1nnc(SC(C)c2nc(-c3ccccc3)no2)n1CCc1ccccc1. The lowest BCUT2D eigenvalue weighted by atomic mass is 10.1. The topological polar surface area (TPSA) is 78.9 Å². The van der Waals surface area contributed by atoms with Crippen molar-refractivity contribution in [3.8, 4) is 28.5 Å². The van der Waals surface area contributed by atoms with Crippen LogP contribution >= 0.6 is 11.8 Å². The van der Waals surface area contributed by atoms with Gasteiger partial charge >= 0.3 is 0 Å². The van der Waals surface area contributed by atoms with Gasteiger partial charge in [0.2, 0.25) is 11.7 Å². The average molecular weight is 484 g/mol. The Hall–Kier alpha value is -3.91. The van der Waals surface area contributed by atoms with E-state index in [1.165, 1.54) is 5.56 Å². The van der Waals surface area contributed by atoms with E-state index < -0.39 is 0 Å². The molecule has 7 nitrogen and oxygen atoms in total. The lowest BCUT2D eigenvalue weighted by Gasteiger charge is -2.13. The summed E-state index contributed by atoms with van der Waals surface area (Å²) in [5.41, 5.74) is 3.07. The molecule has 0 aliphatic heterocycles. The highest BCUT2D eigenvalue weighted by atomic mass is 32.2. The van der Waals surface area contributed by atoms with E-state index in [1.807, 2.05) is 67.6 Å². The predicted octanol–water partition coefficient (Wildman–Crippen LogP) is 6.10. The molecule has 2 heterocycles. The fraction of sp³-hybridized carbons (Fsp3) is 0.185. The van der Waals surface area contributed by atoms with Gasteiger partial charge in [0.1, 0.15) is 5.75 Å². The van der Waals surface area contributed by atoms with E-state index >= 15 is 0 Å². The summed E-state index contributed by atoms with van der Waals surface area (Å²) in [7, 11) is 1.67. The van der Waals surface area contributed by atoms with E-state index in [9.17, 15) is 0 Å². The molecule has 0 saturated carbocycles. The first-order chi connectivity index (χ1) is 17.2. The van der Waals surface area contributed by atoms with Crippen LogP contribution in [0.25, 0.3) is 22.8 Å². The normalized spacial score (nSPS) is 11.9. The van der Waals surface area contributed by atoms with Gasteiger partial charge in [0.05, 0.1) is 17.9 Å². The van der Waals surface area contributed by atoms with Crippen LogP contribution in [0.1, 0.15) is 23.6 Å². The Bertz CT molecular complexity index is 1390. The van der Waals surface area contributed by atoms with Crippen LogP contribution in [0.4, 0.5) is 0 Å². The molecule has 0 radical (unpaired) electrons. The molecule has 0 saturated heterocycles. The highest BCUT2D eigenvalue weighted by Gasteiger charge is 2.23. The summed E-state index contributed by atoms with van der Waals surface area (Å²) < 4.78 is 13.3. The van der Waals surface area contributed by atoms with Crippen LogP contribution in [-0.2, 0) is 13.0 Å². The van der Waals surface area contributed by atoms with E-state index in [-0.39, 0.29) is 5.25 Å². The van der Waals surface area contributed by atoms with Crippen LogP contribution < -0.4 is 4.74 Å². The van der Waals surface area contributed by atoms with Gasteiger partial charge in [-0.15, -0.1) is 10.2 Å². The minimum atomic E-state index is -0.106. The third-order valence-corrected chi connectivity index (χ3v) is 6.70. The number of nitrogens with zero attached hydrogens (tertiary/aromatic N) is 5. The molecule has 1 atom stereocenters. The molecule has 2 aromatic heterocycles. The molecule has 0 bridgehead atoms. The van der Waals surface area contributed by atoms with E-state index in [2.05, 4.69) is 49.2 Å². The fourth-order valence-electron chi connectivity index (χ4n) is 3.80. The van der Waals surface area contributed by atoms with Gasteiger partial charge in [-0.1, -0.05) is 89.7 Å². The predicted molar refractivity (Wildman–Crippen MR) is 136 cm³/mol. The number of hydrogen-bond donors (Lipinski definition) is 0. The number of hydrogen-bond acceptors (Lipinski definition) is 7. The molecule has 3 aromatic carbocycles. The van der Waals surface area contributed by atoms with E-state index in [0.717, 1.165) is 40.8 Å². The largest absolute Gasteiger partial charge is 0.496 e. The van der Waals surface area contributed by atoms with Crippen molar-refractivity contribution in [1.29, 1.82) is 0 Å². The lowest BCUT2D eigenvalue weighted by molar-refractivity contribution is 0.380. The lowest BCUT2D eigenvalue weighted by Crippen LogP contribution is -2.06. The monoisotopic (exact) mass is 483 g/mol. The van der Waals surface area contributed by atoms with Crippen molar-refractivity contribution in [2.45, 2.75) is 30.3 Å². The van der Waals surface area contributed by atoms with E-state index in [0.29, 0.717) is 11.7 Å². The second-order valence-corrected chi connectivity index (χ2v) is 9.28. The highest BCUT2D eigenvalue weighted by molar-refractivity contribution is 7.99. The molecule has 0 aliphatic rings. The number of rotatable bonds is 9. The van der Waals surface area contributed by atoms with Crippen LogP contribution in [0.5, 0.6) is 5.75 Å². The highest BCUT2D eigenvalue weighted by Crippen LogP contribution is 2.37. The summed E-state index contributed by atoms with van der Waals surface area (Å²) in [5, 5.41) is 13.9. The maximum absolute atomic E-state index is 5.60. The molecule has 176 valence electrons. The van der Waals surface area contributed by atoms with Crippen molar-refractivity contribution in [2.75, 3.05) is 7.11 Å². The Morgan fingerprint density at radius 2 is 1.63 bits per heavy atom. The maximum Gasteiger partial charge on any atom is 0.240 e. The van der Waals surface area contributed by atoms with E-state index in [1.54, 1.807) is 18.9 Å². The number of benzene rings is 3. The van der Waals surface area contributed by atoms with Gasteiger partial charge in [-0.2, -0.15) is 4.98 Å². The van der Waals surface area contributed by atoms with Gasteiger partial charge in [-0.25, -0.2) is 0 Å². The Morgan fingerprint density at radius 3 is 2.40 bits per heavy atom. The smallest absolute Gasteiger partial charge is 0.240 e. The average Bonchev–Trinajstić information content (AvgIpc) is 3.56. The van der Waals surface area contributed by atoms with Crippen molar-refractivity contribution in [3.63, 3.8) is 0 Å². The van der Waals surface area contributed by atoms with Crippen molar-refractivity contribution in [2.24, 2.45) is 0 Å². The van der Waals surface area contributed by atoms with Crippen molar-refractivity contribution < 1.29 is 9.26 Å². The summed E-state index contributed by atoms with van der Waals surface area (Å²) in [6, 6.07) is 28.1. The minimum absolute atomic E-state index is 0.106. The number of aryl methyl sites for hydroxylation is 1. The second-order valence-electron chi connectivity index (χ2n) is 7.98. The van der Waals surface area contributed by atoms with Gasteiger partial charge in [-0.3, -0.25) is 0 Å². The Balaban J connectivity index is 1.44. The number of thioether (sulfide) groups is 1. The molecule has 5 rings (SSSR count). The summed E-state index contributed by atoms with van der Waals surface area (Å²) >= 11 is 1.55. The molecule has 0 aliphatic carbocycles. The van der Waals surface area contributed by atoms with Gasteiger partial charge in [0, 0.05) is 12.1 Å². The summed E-state index contributed by atoms with van der Waals surface area (Å²) in [6.45, 7) is 2.75. The first kappa shape index (κ1) is 22.9. The fourth-order valence-corrected chi connectivity index (χ4v) is 4.71. The van der Waals surface area contributed by atoms with Crippen LogP contribution in [0.3, 0.4) is 0 Å². The van der Waals surface area contributed by atoms with E-state index in [4.69, 9.17) is 9.26 Å². The number of para-hydroxylation sites is 1. The number of methoxy groups -OCH3 is 1. The molecule has 8 heteroatoms. The molecule has 0 N–H and O–H groups in total. The molecule has 5 aromatic rings. The molecule has 35 heavy (non-hydrogen) atoms. The third kappa shape index (κ3) is 5.12. The molecule has 0 fully saturated rings. The maximum atomic E-state index is 5.60. The van der Waals surface area contributed by atoms with Crippen LogP contribution in [0.15, 0.2) is 94.6 Å². The molecular weight excluding hydrogens is 458 g/mol. The second kappa shape index (κ2) is 10.6. The number of ether oxygens (including phenoxy) is 1. The zero-order valence-electron chi connectivity index (χ0n) is 19.5. The minimum Gasteiger partial charge on any atom is -0.496 e. The third-order valence-electron chi connectivity index (χ3n) is 5.64. The van der Waals surface area contributed by atoms with Crippen molar-refractivity contribution in [3.05, 3.63) is 96.4 Å². The van der Waals surface area contributed by atoms with Crippen molar-refractivity contribution in [1.82, 2.24) is 24.9 Å². The van der Waals surface area contributed by atoms with Crippen LogP contribution in [-0.4, -0.2) is 32.0 Å². The molecule has 1 unspecified atom stereocenters. The number of aromatic nitrogens is 5. The summed E-state index contributed by atoms with van der Waals surface area (Å²) in [4.78, 5) is 4.62. The van der Waals surface area contributed by atoms with Gasteiger partial charge in [0.25, 0.3) is 0 Å². The first-order valence-electron chi connectivity index (χ1n) is 11.4. The van der Waals surface area contributed by atoms with Gasteiger partial charge in [-0.05, 0) is 31.0 Å². The standard InChI is InChI=1S/C27H25N5O2S/c1-19(26-28-24(31-34-26)21-13-7-4-8-14-21)35-27-30-29-25(22-15-9-10-16-23(22)33-2)32(27)18-17-20-11-5-3-6-12-20/h3-16,19H,17-18H2,1-2H3. The molecule has 0 amide bonds. The quantitative estimate of drug-likeness (QED) is 0.234. The van der Waals surface area contributed by atoms with Gasteiger partial charge in [0.15, 0.2) is 11.0 Å². The molecule has 0 spiro atoms.